The van der Waals surface area contributed by atoms with Crippen LogP contribution in [0, 0.1) is 10.1 Å². The van der Waals surface area contributed by atoms with Crippen LogP contribution in [0.4, 0.5) is 17.3 Å². The average molecular weight is 390 g/mol. The van der Waals surface area contributed by atoms with E-state index in [4.69, 9.17) is 5.84 Å². The number of anilines is 2. The molecule has 0 saturated heterocycles. The molecule has 0 atom stereocenters. The Labute approximate surface area is 158 Å². The van der Waals surface area contributed by atoms with E-state index in [1.807, 2.05) is 0 Å². The molecule has 0 bridgehead atoms. The molecule has 1 aliphatic carbocycles. The van der Waals surface area contributed by atoms with E-state index in [0.717, 1.165) is 43.2 Å². The van der Waals surface area contributed by atoms with Gasteiger partial charge in [0.25, 0.3) is 11.6 Å². The number of thioether (sulfide) groups is 1. The second kappa shape index (κ2) is 8.49. The largest absolute Gasteiger partial charge is 0.334 e. The van der Waals surface area contributed by atoms with Gasteiger partial charge in [-0.25, -0.2) is 10.1 Å². The van der Waals surface area contributed by atoms with Gasteiger partial charge >= 0.3 is 0 Å². The molecule has 11 nitrogen and oxygen atoms in total. The molecule has 1 heterocycles. The van der Waals surface area contributed by atoms with Crippen LogP contribution in [0.15, 0.2) is 34.5 Å². The Bertz CT molecular complexity index is 874. The van der Waals surface area contributed by atoms with Gasteiger partial charge in [-0.2, -0.15) is 5.10 Å². The number of nitrogen functional groups attached to an aromatic ring is 1. The molecule has 3 rings (SSSR count). The molecule has 142 valence electrons. The first-order valence-electron chi connectivity index (χ1n) is 8.22. The van der Waals surface area contributed by atoms with Crippen LogP contribution in [-0.4, -0.2) is 37.2 Å². The molecule has 0 radical (unpaired) electrons. The van der Waals surface area contributed by atoms with E-state index in [1.165, 1.54) is 22.9 Å². The quantitative estimate of drug-likeness (QED) is 0.281. The molecule has 0 spiro atoms. The van der Waals surface area contributed by atoms with Gasteiger partial charge in [-0.1, -0.05) is 17.8 Å². The molecular formula is C15H18N8O3S. The molecule has 1 aliphatic rings. The van der Waals surface area contributed by atoms with Crippen molar-refractivity contribution in [2.75, 3.05) is 22.3 Å². The predicted molar refractivity (Wildman–Crippen MR) is 102 cm³/mol. The monoisotopic (exact) mass is 390 g/mol. The zero-order valence-electron chi connectivity index (χ0n) is 14.3. The number of hydrazone groups is 1. The van der Waals surface area contributed by atoms with Crippen molar-refractivity contribution in [2.45, 2.75) is 30.8 Å². The van der Waals surface area contributed by atoms with Crippen LogP contribution < -0.4 is 16.6 Å². The molecule has 1 fully saturated rings. The number of nitrogens with zero attached hydrogens (tertiary/aromatic N) is 5. The third-order valence-corrected chi connectivity index (χ3v) is 4.78. The van der Waals surface area contributed by atoms with Gasteiger partial charge in [0, 0.05) is 23.5 Å². The van der Waals surface area contributed by atoms with E-state index in [-0.39, 0.29) is 23.3 Å². The number of nitro groups is 1. The van der Waals surface area contributed by atoms with Crippen LogP contribution in [0.25, 0.3) is 0 Å². The first kappa shape index (κ1) is 18.6. The van der Waals surface area contributed by atoms with Gasteiger partial charge in [-0.3, -0.25) is 14.9 Å². The molecule has 27 heavy (non-hydrogen) atoms. The number of amides is 1. The lowest BCUT2D eigenvalue weighted by atomic mass is 10.3. The van der Waals surface area contributed by atoms with Gasteiger partial charge in [0.15, 0.2) is 0 Å². The zero-order valence-corrected chi connectivity index (χ0v) is 15.1. The van der Waals surface area contributed by atoms with Crippen molar-refractivity contribution < 1.29 is 9.72 Å². The minimum absolute atomic E-state index is 0.0204. The van der Waals surface area contributed by atoms with Gasteiger partial charge in [-0.05, 0) is 31.7 Å². The van der Waals surface area contributed by atoms with Crippen LogP contribution in [0.5, 0.6) is 0 Å². The summed E-state index contributed by atoms with van der Waals surface area (Å²) < 4.78 is 1.23. The smallest absolute Gasteiger partial charge is 0.271 e. The number of aromatic nitrogens is 3. The third kappa shape index (κ3) is 4.94. The van der Waals surface area contributed by atoms with E-state index in [2.05, 4.69) is 26.0 Å². The van der Waals surface area contributed by atoms with Crippen LogP contribution in [-0.2, 0) is 4.79 Å². The minimum atomic E-state index is -0.523. The van der Waals surface area contributed by atoms with E-state index < -0.39 is 4.92 Å². The fraction of sp³-hybridized carbons (Fsp3) is 0.333. The highest BCUT2D eigenvalue weighted by Gasteiger charge is 2.14. The fourth-order valence-corrected chi connectivity index (χ4v) is 3.16. The fourth-order valence-electron chi connectivity index (χ4n) is 2.50. The molecule has 1 aromatic heterocycles. The zero-order chi connectivity index (χ0) is 19.2. The van der Waals surface area contributed by atoms with Crippen LogP contribution in [0.1, 0.15) is 25.7 Å². The van der Waals surface area contributed by atoms with E-state index in [1.54, 1.807) is 6.07 Å². The molecule has 1 saturated carbocycles. The molecule has 0 unspecified atom stereocenters. The van der Waals surface area contributed by atoms with Gasteiger partial charge < -0.3 is 11.2 Å². The summed E-state index contributed by atoms with van der Waals surface area (Å²) in [4.78, 5) is 22.3. The van der Waals surface area contributed by atoms with Gasteiger partial charge in [-0.15, -0.1) is 10.2 Å². The Balaban J connectivity index is 1.53. The Morgan fingerprint density at radius 3 is 2.89 bits per heavy atom. The maximum Gasteiger partial charge on any atom is 0.271 e. The molecule has 2 aromatic rings. The predicted octanol–water partition coefficient (Wildman–Crippen LogP) is 1.97. The number of hydrogen-bond donors (Lipinski definition) is 3. The summed E-state index contributed by atoms with van der Waals surface area (Å²) in [6.07, 6.45) is 4.20. The molecular weight excluding hydrogens is 372 g/mol. The van der Waals surface area contributed by atoms with E-state index in [0.29, 0.717) is 10.8 Å². The Morgan fingerprint density at radius 1 is 1.37 bits per heavy atom. The van der Waals surface area contributed by atoms with Crippen LogP contribution in [0.3, 0.4) is 0 Å². The highest BCUT2D eigenvalue weighted by Crippen LogP contribution is 2.20. The second-order valence-electron chi connectivity index (χ2n) is 5.82. The van der Waals surface area contributed by atoms with E-state index >= 15 is 0 Å². The second-order valence-corrected chi connectivity index (χ2v) is 6.76. The van der Waals surface area contributed by atoms with E-state index in [9.17, 15) is 14.9 Å². The summed E-state index contributed by atoms with van der Waals surface area (Å²) >= 11 is 1.09. The Hall–Kier alpha value is -3.15. The third-order valence-electron chi connectivity index (χ3n) is 3.83. The number of nitrogens with two attached hydrogens (primary N) is 1. The summed E-state index contributed by atoms with van der Waals surface area (Å²) in [7, 11) is 0. The van der Waals surface area contributed by atoms with Crippen LogP contribution in [0.2, 0.25) is 0 Å². The van der Waals surface area contributed by atoms with Gasteiger partial charge in [0.05, 0.1) is 10.7 Å². The highest BCUT2D eigenvalue weighted by atomic mass is 32.2. The standard InChI is InChI=1S/C15H18N8O3S/c16-22-14(19-18-10-4-1-2-5-10)20-21-15(22)27-9-13(24)17-11-6-3-7-12(8-11)23(25)26/h3,6-8H,1-2,4-5,9,16H2,(H,17,24)(H,19,20). The lowest BCUT2D eigenvalue weighted by molar-refractivity contribution is -0.384. The molecule has 0 aliphatic heterocycles. The van der Waals surface area contributed by atoms with Gasteiger partial charge in [0.2, 0.25) is 11.1 Å². The minimum Gasteiger partial charge on any atom is -0.334 e. The Morgan fingerprint density at radius 2 is 2.15 bits per heavy atom. The number of carbonyl (C=O) groups excluding carboxylic acids is 1. The first-order valence-corrected chi connectivity index (χ1v) is 9.20. The normalized spacial score (nSPS) is 13.4. The lowest BCUT2D eigenvalue weighted by Gasteiger charge is -2.05. The van der Waals surface area contributed by atoms with Crippen molar-refractivity contribution in [1.29, 1.82) is 0 Å². The summed E-state index contributed by atoms with van der Waals surface area (Å²) in [5.41, 5.74) is 4.12. The van der Waals surface area contributed by atoms with Gasteiger partial charge in [0.1, 0.15) is 0 Å². The van der Waals surface area contributed by atoms with Crippen molar-refractivity contribution >= 4 is 40.7 Å². The Kier molecular flexibility index (Phi) is 5.86. The number of benzene rings is 1. The van der Waals surface area contributed by atoms with Crippen LogP contribution >= 0.6 is 11.8 Å². The van der Waals surface area contributed by atoms with Crippen molar-refractivity contribution in [3.63, 3.8) is 0 Å². The number of nitro benzene ring substituents is 1. The number of hydrogen-bond acceptors (Lipinski definition) is 9. The topological polar surface area (TPSA) is 153 Å². The maximum absolute atomic E-state index is 12.0. The van der Waals surface area contributed by atoms with Crippen molar-refractivity contribution in [3.8, 4) is 0 Å². The maximum atomic E-state index is 12.0. The average Bonchev–Trinajstić information content (AvgIpc) is 3.28. The number of carbonyl (C=O) groups is 1. The van der Waals surface area contributed by atoms with Crippen molar-refractivity contribution in [2.24, 2.45) is 5.10 Å². The number of rotatable bonds is 7. The molecule has 12 heteroatoms. The number of non-ortho nitro benzene ring substituents is 1. The first-order chi connectivity index (χ1) is 13.0. The highest BCUT2D eigenvalue weighted by molar-refractivity contribution is 7.99. The summed E-state index contributed by atoms with van der Waals surface area (Å²) in [5.74, 6) is 5.88. The molecule has 1 aromatic carbocycles. The van der Waals surface area contributed by atoms with Crippen molar-refractivity contribution in [1.82, 2.24) is 14.9 Å². The molecule has 4 N–H and O–H groups in total. The lowest BCUT2D eigenvalue weighted by Crippen LogP contribution is -2.17. The number of nitrogens with one attached hydrogen (secondary N) is 2. The summed E-state index contributed by atoms with van der Waals surface area (Å²) in [5, 5.41) is 25.8. The van der Waals surface area contributed by atoms with Crippen molar-refractivity contribution in [3.05, 3.63) is 34.4 Å². The summed E-state index contributed by atoms with van der Waals surface area (Å²) in [6, 6.07) is 5.72. The summed E-state index contributed by atoms with van der Waals surface area (Å²) in [6.45, 7) is 0. The SMILES string of the molecule is Nn1c(NN=C2CCCC2)nnc1SCC(=O)Nc1cccc([N+](=O)[O-])c1. The molecule has 1 amide bonds.